The van der Waals surface area contributed by atoms with Crippen LogP contribution in [-0.2, 0) is 10.8 Å². The number of benzene rings is 12. The van der Waals surface area contributed by atoms with Crippen molar-refractivity contribution in [1.29, 1.82) is 0 Å². The van der Waals surface area contributed by atoms with E-state index in [0.717, 1.165) is 0 Å². The predicted octanol–water partition coefficient (Wildman–Crippen LogP) is 20.1. The minimum Gasteiger partial charge on any atom is -0.310 e. The smallest absolute Gasteiger partial charge is 0.240 e. The van der Waals surface area contributed by atoms with Crippen LogP contribution in [0, 0.1) is 0 Å². The fourth-order valence-electron chi connectivity index (χ4n) is 18.8. The Hall–Kier alpha value is -9.63. The van der Waals surface area contributed by atoms with Crippen molar-refractivity contribution in [2.75, 3.05) is 9.80 Å². The lowest BCUT2D eigenvalue weighted by Gasteiger charge is -2.46. The van der Waals surface area contributed by atoms with Crippen LogP contribution in [0.3, 0.4) is 0 Å². The van der Waals surface area contributed by atoms with Crippen LogP contribution in [0.25, 0.3) is 22.3 Å². The van der Waals surface area contributed by atoms with Gasteiger partial charge in [-0.2, -0.15) is 0 Å². The van der Waals surface area contributed by atoms with Crippen molar-refractivity contribution in [1.82, 2.24) is 0 Å². The summed E-state index contributed by atoms with van der Waals surface area (Å²) in [5, 5.41) is 0. The van der Waals surface area contributed by atoms with Gasteiger partial charge in [0, 0.05) is 11.4 Å². The van der Waals surface area contributed by atoms with Gasteiger partial charge in [0.2, 0.25) is 13.4 Å². The molecule has 0 bridgehead atoms. The first-order valence-corrected chi connectivity index (χ1v) is 35.6. The molecule has 2 spiro atoms. The Kier molecular flexibility index (Phi) is 14.1. The third-order valence-corrected chi connectivity index (χ3v) is 22.9. The van der Waals surface area contributed by atoms with Crippen molar-refractivity contribution in [2.24, 2.45) is 0 Å². The summed E-state index contributed by atoms with van der Waals surface area (Å²) in [5.74, 6) is 1.80. The van der Waals surface area contributed by atoms with Gasteiger partial charge in [-0.25, -0.2) is 0 Å². The molecule has 3 heterocycles. The predicted molar refractivity (Wildman–Crippen MR) is 411 cm³/mol. The van der Waals surface area contributed by atoms with E-state index in [9.17, 15) is 0 Å². The van der Waals surface area contributed by atoms with Crippen LogP contribution in [0.4, 0.5) is 34.1 Å². The first-order chi connectivity index (χ1) is 46.6. The highest BCUT2D eigenvalue weighted by Gasteiger charge is 2.54. The fourth-order valence-corrected chi connectivity index (χ4v) is 18.8. The van der Waals surface area contributed by atoms with E-state index < -0.39 is 10.8 Å². The van der Waals surface area contributed by atoms with Crippen molar-refractivity contribution in [2.45, 2.75) is 129 Å². The topological polar surface area (TPSA) is 6.48 Å². The van der Waals surface area contributed by atoms with E-state index in [2.05, 4.69) is 348 Å². The van der Waals surface area contributed by atoms with Gasteiger partial charge in [-0.1, -0.05) is 322 Å². The van der Waals surface area contributed by atoms with E-state index in [1.165, 1.54) is 167 Å². The standard InChI is InChI=1S/C92H84B2N2/c1-55(2)61-49-69(57(5)6)89(70(50-61)58(7)8)93-81-47-45-63(95-85-41-25-21-37-77(85)91(78-38-22-26-42-86(78)95)73-33-17-13-29-65(73)66-30-14-18-34-74(66)91)53-83(81)94(90-71(59(9)10)51-62(56(3)4)52-72(90)60(11)12)84-54-64(46-48-82(84)93)96-87-43-27-23-39-79(87)92(80-40-24-28-44-88(80)96)75-35-19-15-31-67(75)68-32-16-20-36-76(68)92/h13-60H,1-12H3. The average molecular weight is 1240 g/mol. The van der Waals surface area contributed by atoms with Gasteiger partial charge in [-0.15, -0.1) is 0 Å². The van der Waals surface area contributed by atoms with Crippen LogP contribution in [0.15, 0.2) is 255 Å². The molecule has 0 fully saturated rings. The van der Waals surface area contributed by atoms with Crippen molar-refractivity contribution in [3.63, 3.8) is 0 Å². The van der Waals surface area contributed by atoms with Gasteiger partial charge in [0.25, 0.3) is 0 Å². The highest BCUT2D eigenvalue weighted by atomic mass is 15.2. The second-order valence-electron chi connectivity index (χ2n) is 30.1. The number of hydrogen-bond acceptors (Lipinski definition) is 2. The van der Waals surface area contributed by atoms with E-state index in [0.29, 0.717) is 11.8 Å². The Labute approximate surface area is 570 Å². The zero-order valence-electron chi connectivity index (χ0n) is 57.8. The van der Waals surface area contributed by atoms with Gasteiger partial charge in [-0.3, -0.25) is 0 Å². The van der Waals surface area contributed by atoms with Crippen molar-refractivity contribution in [3.05, 3.63) is 333 Å². The molecule has 0 unspecified atom stereocenters. The minimum absolute atomic E-state index is 0.0725. The Balaban J connectivity index is 0.981. The van der Waals surface area contributed by atoms with Crippen LogP contribution in [0.1, 0.15) is 196 Å². The quantitative estimate of drug-likeness (QED) is 0.126. The molecule has 0 saturated heterocycles. The molecule has 0 aromatic heterocycles. The lowest BCUT2D eigenvalue weighted by Crippen LogP contribution is -2.76. The molecule has 12 aromatic carbocycles. The molecule has 5 aliphatic rings. The molecule has 0 amide bonds. The van der Waals surface area contributed by atoms with Gasteiger partial charge >= 0.3 is 0 Å². The molecule has 0 radical (unpaired) electrons. The third-order valence-electron chi connectivity index (χ3n) is 22.9. The molecule has 2 aliphatic carbocycles. The van der Waals surface area contributed by atoms with E-state index >= 15 is 0 Å². The summed E-state index contributed by atoms with van der Waals surface area (Å²) in [4.78, 5) is 5.28. The molecule has 0 saturated carbocycles. The van der Waals surface area contributed by atoms with Crippen molar-refractivity contribution >= 4 is 80.3 Å². The number of para-hydroxylation sites is 4. The van der Waals surface area contributed by atoms with Crippen molar-refractivity contribution in [3.8, 4) is 22.3 Å². The zero-order valence-corrected chi connectivity index (χ0v) is 57.8. The normalized spacial score (nSPS) is 14.7. The van der Waals surface area contributed by atoms with Crippen LogP contribution >= 0.6 is 0 Å². The fraction of sp³-hybridized carbons (Fsp3) is 0.217. The number of anilines is 6. The molecule has 468 valence electrons. The number of hydrogen-bond donors (Lipinski definition) is 0. The summed E-state index contributed by atoms with van der Waals surface area (Å²) in [7, 11) is 0. The van der Waals surface area contributed by atoms with E-state index in [1.807, 2.05) is 0 Å². The van der Waals surface area contributed by atoms with E-state index in [-0.39, 0.29) is 37.1 Å². The monoisotopic (exact) mass is 1240 g/mol. The average Bonchev–Trinajstić information content (AvgIpc) is 1.22. The van der Waals surface area contributed by atoms with Crippen LogP contribution in [0.5, 0.6) is 0 Å². The summed E-state index contributed by atoms with van der Waals surface area (Å²) in [6.07, 6.45) is 0. The Morgan fingerprint density at radius 2 is 0.479 bits per heavy atom. The Bertz CT molecular complexity index is 4660. The molecule has 12 aromatic rings. The van der Waals surface area contributed by atoms with E-state index in [4.69, 9.17) is 0 Å². The van der Waals surface area contributed by atoms with Crippen LogP contribution in [-0.4, -0.2) is 13.4 Å². The SMILES string of the molecule is CC(C)c1cc(C(C)C)c(B2c3ccc(N4c5ccccc5C5(c6ccccc6-c6ccccc65)c5ccccc54)cc3B(c3c(C(C)C)cc(C(C)C)cc3C(C)C)c3cc(N4c5ccccc5C5(c6ccccc6-c6ccccc65)c5ccccc54)ccc32)c(C(C)C)c1. The van der Waals surface area contributed by atoms with Gasteiger partial charge in [0.05, 0.1) is 33.6 Å². The van der Waals surface area contributed by atoms with Crippen LogP contribution in [0.2, 0.25) is 0 Å². The molecular weight excluding hydrogens is 1150 g/mol. The Morgan fingerprint density at radius 1 is 0.240 bits per heavy atom. The summed E-state index contributed by atoms with van der Waals surface area (Å²) in [6.45, 7) is 28.8. The Morgan fingerprint density at radius 3 is 0.740 bits per heavy atom. The number of fused-ring (bicyclic) bond motifs is 20. The first-order valence-electron chi connectivity index (χ1n) is 35.6. The molecule has 4 heteroatoms. The second kappa shape index (κ2) is 22.5. The molecule has 2 nitrogen and oxygen atoms in total. The molecular formula is C92H84B2N2. The summed E-state index contributed by atoms with van der Waals surface area (Å²) >= 11 is 0. The molecule has 17 rings (SSSR count). The summed E-state index contributed by atoms with van der Waals surface area (Å²) in [6, 6.07) is 100. The number of nitrogens with zero attached hydrogens (tertiary/aromatic N) is 2. The molecule has 0 N–H and O–H groups in total. The van der Waals surface area contributed by atoms with Gasteiger partial charge in [0.15, 0.2) is 0 Å². The maximum Gasteiger partial charge on any atom is 0.240 e. The third kappa shape index (κ3) is 8.39. The second-order valence-corrected chi connectivity index (χ2v) is 30.1. The van der Waals surface area contributed by atoms with Crippen LogP contribution < -0.4 is 42.6 Å². The largest absolute Gasteiger partial charge is 0.310 e. The minimum atomic E-state index is -0.525. The lowest BCUT2D eigenvalue weighted by atomic mass is 9.20. The van der Waals surface area contributed by atoms with Gasteiger partial charge < -0.3 is 9.80 Å². The zero-order chi connectivity index (χ0) is 65.8. The summed E-state index contributed by atoms with van der Waals surface area (Å²) < 4.78 is 0. The van der Waals surface area contributed by atoms with Crippen molar-refractivity contribution < 1.29 is 0 Å². The maximum absolute atomic E-state index is 2.69. The summed E-state index contributed by atoms with van der Waals surface area (Å²) in [5.41, 5.74) is 39.1. The highest BCUT2D eigenvalue weighted by Crippen LogP contribution is 2.65. The first kappa shape index (κ1) is 60.1. The maximum atomic E-state index is 2.69. The van der Waals surface area contributed by atoms with Gasteiger partial charge in [0.1, 0.15) is 0 Å². The van der Waals surface area contributed by atoms with E-state index in [1.54, 1.807) is 0 Å². The lowest BCUT2D eigenvalue weighted by molar-refractivity contribution is 0.752. The van der Waals surface area contributed by atoms with Gasteiger partial charge in [-0.05, 0) is 184 Å². The highest BCUT2D eigenvalue weighted by molar-refractivity contribution is 7.11. The molecule has 96 heavy (non-hydrogen) atoms. The molecule has 0 atom stereocenters. The molecule has 3 aliphatic heterocycles. The number of rotatable bonds is 10.